The second-order valence-electron chi connectivity index (χ2n) is 8.03. The normalized spacial score (nSPS) is 17.8. The highest BCUT2D eigenvalue weighted by Gasteiger charge is 2.42. The number of benzene rings is 2. The summed E-state index contributed by atoms with van der Waals surface area (Å²) >= 11 is 6.75. The number of nitrogens with zero attached hydrogens (tertiary/aromatic N) is 2. The number of rotatable bonds is 9. The van der Waals surface area contributed by atoms with Gasteiger partial charge in [-0.25, -0.2) is 0 Å². The third-order valence-corrected chi connectivity index (χ3v) is 7.18. The van der Waals surface area contributed by atoms with Gasteiger partial charge in [0.15, 0.2) is 4.32 Å². The first-order chi connectivity index (χ1) is 16.1. The Kier molecular flexibility index (Phi) is 7.50. The number of carbonyl (C=O) groups excluding carboxylic acids is 2. The summed E-state index contributed by atoms with van der Waals surface area (Å²) in [4.78, 5) is 30.7. The van der Waals surface area contributed by atoms with Crippen molar-refractivity contribution in [2.75, 3.05) is 23.0 Å². The topological polar surface area (TPSA) is 49.9 Å². The van der Waals surface area contributed by atoms with Crippen LogP contribution in [0.4, 0.5) is 11.4 Å². The number of hydrogen-bond acceptors (Lipinski definition) is 5. The maximum absolute atomic E-state index is 13.5. The Hall–Kier alpha value is -2.64. The first-order valence-electron chi connectivity index (χ1n) is 11.5. The van der Waals surface area contributed by atoms with E-state index in [4.69, 9.17) is 17.0 Å². The predicted molar refractivity (Wildman–Crippen MR) is 140 cm³/mol. The van der Waals surface area contributed by atoms with E-state index in [1.807, 2.05) is 60.4 Å². The van der Waals surface area contributed by atoms with Gasteiger partial charge in [0.05, 0.1) is 28.5 Å². The van der Waals surface area contributed by atoms with E-state index < -0.39 is 0 Å². The molecule has 2 heterocycles. The minimum absolute atomic E-state index is 0.112. The number of amides is 2. The van der Waals surface area contributed by atoms with Crippen LogP contribution in [0.2, 0.25) is 0 Å². The van der Waals surface area contributed by atoms with Crippen molar-refractivity contribution in [1.29, 1.82) is 0 Å². The van der Waals surface area contributed by atoms with Gasteiger partial charge in [0.2, 0.25) is 0 Å². The molecular formula is C26H28N2O3S2. The third-order valence-electron chi connectivity index (χ3n) is 5.81. The van der Waals surface area contributed by atoms with Crippen LogP contribution >= 0.6 is 24.0 Å². The number of thiocarbonyl (C=S) groups is 1. The minimum Gasteiger partial charge on any atom is -0.494 e. The second kappa shape index (κ2) is 10.5. The van der Waals surface area contributed by atoms with Crippen molar-refractivity contribution >= 4 is 57.1 Å². The number of para-hydroxylation sites is 1. The van der Waals surface area contributed by atoms with Crippen LogP contribution in [0.1, 0.15) is 51.5 Å². The number of unbranched alkanes of at least 4 members (excludes halogenated alkanes) is 4. The summed E-state index contributed by atoms with van der Waals surface area (Å²) in [6.07, 6.45) is 5.61. The van der Waals surface area contributed by atoms with Crippen LogP contribution in [0.3, 0.4) is 0 Å². The molecule has 2 aromatic rings. The van der Waals surface area contributed by atoms with Crippen LogP contribution in [0.15, 0.2) is 53.4 Å². The Morgan fingerprint density at radius 1 is 0.909 bits per heavy atom. The first-order valence-corrected chi connectivity index (χ1v) is 12.7. The van der Waals surface area contributed by atoms with Gasteiger partial charge in [-0.3, -0.25) is 14.5 Å². The van der Waals surface area contributed by atoms with Gasteiger partial charge in [-0.05, 0) is 43.7 Å². The summed E-state index contributed by atoms with van der Waals surface area (Å²) < 4.78 is 5.92. The van der Waals surface area contributed by atoms with Crippen LogP contribution in [-0.2, 0) is 9.59 Å². The van der Waals surface area contributed by atoms with Gasteiger partial charge in [0.25, 0.3) is 11.8 Å². The van der Waals surface area contributed by atoms with Crippen LogP contribution in [0.25, 0.3) is 5.57 Å². The molecule has 0 unspecified atom stereocenters. The average Bonchev–Trinajstić information content (AvgIpc) is 3.26. The second-order valence-corrected chi connectivity index (χ2v) is 9.67. The number of fused-ring (bicyclic) bond motifs is 1. The standard InChI is InChI=1S/C26H28N2O3S2/c1-3-5-6-7-10-17-27-21-12-9-8-11-20(21)22(24(27)29)23-25(30)28(26(32)33-23)18-13-15-19(16-14-18)31-4-2/h8-9,11-16H,3-7,10,17H2,1-2H3. The highest BCUT2D eigenvalue weighted by atomic mass is 32.2. The van der Waals surface area contributed by atoms with Crippen molar-refractivity contribution < 1.29 is 14.3 Å². The highest BCUT2D eigenvalue weighted by molar-refractivity contribution is 8.27. The fourth-order valence-electron chi connectivity index (χ4n) is 4.19. The smallest absolute Gasteiger partial charge is 0.271 e. The highest BCUT2D eigenvalue weighted by Crippen LogP contribution is 2.45. The summed E-state index contributed by atoms with van der Waals surface area (Å²) in [5.41, 5.74) is 2.82. The van der Waals surface area contributed by atoms with Crippen LogP contribution < -0.4 is 14.5 Å². The zero-order valence-electron chi connectivity index (χ0n) is 19.0. The fourth-order valence-corrected chi connectivity index (χ4v) is 5.57. The maximum atomic E-state index is 13.5. The number of thioether (sulfide) groups is 1. The molecule has 2 aliphatic heterocycles. The van der Waals surface area contributed by atoms with Crippen LogP contribution in [0.5, 0.6) is 5.75 Å². The number of carbonyl (C=O) groups is 2. The van der Waals surface area contributed by atoms with E-state index in [0.29, 0.717) is 33.6 Å². The SMILES string of the molecule is CCCCCCCN1C(=O)C(=C2SC(=S)N(c3ccc(OCC)cc3)C2=O)c2ccccc21. The Labute approximate surface area is 204 Å². The molecule has 0 spiro atoms. The molecule has 1 fully saturated rings. The molecule has 2 aromatic carbocycles. The van der Waals surface area contributed by atoms with Crippen molar-refractivity contribution in [2.45, 2.75) is 46.0 Å². The van der Waals surface area contributed by atoms with Gasteiger partial charge in [-0.15, -0.1) is 0 Å². The molecule has 0 N–H and O–H groups in total. The summed E-state index contributed by atoms with van der Waals surface area (Å²) in [5, 5.41) is 0. The third kappa shape index (κ3) is 4.70. The van der Waals surface area contributed by atoms with Crippen molar-refractivity contribution in [3.63, 3.8) is 0 Å². The van der Waals surface area contributed by atoms with E-state index in [1.165, 1.54) is 35.9 Å². The molecule has 0 saturated carbocycles. The maximum Gasteiger partial charge on any atom is 0.271 e. The number of ether oxygens (including phenoxy) is 1. The van der Waals surface area contributed by atoms with E-state index in [9.17, 15) is 9.59 Å². The van der Waals surface area contributed by atoms with E-state index in [2.05, 4.69) is 6.92 Å². The predicted octanol–water partition coefficient (Wildman–Crippen LogP) is 6.18. The lowest BCUT2D eigenvalue weighted by Gasteiger charge is -2.17. The largest absolute Gasteiger partial charge is 0.494 e. The summed E-state index contributed by atoms with van der Waals surface area (Å²) in [7, 11) is 0. The molecule has 4 rings (SSSR count). The lowest BCUT2D eigenvalue weighted by atomic mass is 10.1. The molecule has 0 aliphatic carbocycles. The summed E-state index contributed by atoms with van der Waals surface area (Å²) in [6.45, 7) is 5.34. The van der Waals surface area contributed by atoms with Crippen LogP contribution in [-0.4, -0.2) is 29.3 Å². The van der Waals surface area contributed by atoms with E-state index in [-0.39, 0.29) is 11.8 Å². The molecular weight excluding hydrogens is 452 g/mol. The molecule has 0 radical (unpaired) electrons. The van der Waals surface area contributed by atoms with Crippen molar-refractivity contribution in [3.05, 3.63) is 59.0 Å². The molecule has 172 valence electrons. The van der Waals surface area contributed by atoms with Crippen molar-refractivity contribution in [3.8, 4) is 5.75 Å². The van der Waals surface area contributed by atoms with Gasteiger partial charge < -0.3 is 9.64 Å². The molecule has 33 heavy (non-hydrogen) atoms. The molecule has 5 nitrogen and oxygen atoms in total. The summed E-state index contributed by atoms with van der Waals surface area (Å²) in [6, 6.07) is 15.0. The Balaban J connectivity index is 1.62. The summed E-state index contributed by atoms with van der Waals surface area (Å²) in [5.74, 6) is 0.371. The van der Waals surface area contributed by atoms with Gasteiger partial charge in [-0.2, -0.15) is 0 Å². The molecule has 1 saturated heterocycles. The quantitative estimate of drug-likeness (QED) is 0.244. The van der Waals surface area contributed by atoms with E-state index >= 15 is 0 Å². The molecule has 0 aromatic heterocycles. The number of hydrogen-bond donors (Lipinski definition) is 0. The van der Waals surface area contributed by atoms with E-state index in [0.717, 1.165) is 29.8 Å². The van der Waals surface area contributed by atoms with Crippen molar-refractivity contribution in [1.82, 2.24) is 0 Å². The molecule has 0 atom stereocenters. The van der Waals surface area contributed by atoms with Gasteiger partial charge >= 0.3 is 0 Å². The van der Waals surface area contributed by atoms with Gasteiger partial charge in [0.1, 0.15) is 5.75 Å². The van der Waals surface area contributed by atoms with Crippen LogP contribution in [0, 0.1) is 0 Å². The first kappa shape index (κ1) is 23.5. The lowest BCUT2D eigenvalue weighted by Crippen LogP contribution is -2.29. The molecule has 2 amide bonds. The Morgan fingerprint density at radius 3 is 2.36 bits per heavy atom. The lowest BCUT2D eigenvalue weighted by molar-refractivity contribution is -0.115. The monoisotopic (exact) mass is 480 g/mol. The van der Waals surface area contributed by atoms with Crippen molar-refractivity contribution in [2.24, 2.45) is 0 Å². The number of anilines is 2. The van der Waals surface area contributed by atoms with E-state index in [1.54, 1.807) is 0 Å². The Morgan fingerprint density at radius 2 is 1.64 bits per heavy atom. The zero-order valence-corrected chi connectivity index (χ0v) is 20.6. The Bertz CT molecular complexity index is 1090. The average molecular weight is 481 g/mol. The molecule has 7 heteroatoms. The molecule has 2 aliphatic rings. The molecule has 0 bridgehead atoms. The van der Waals surface area contributed by atoms with Gasteiger partial charge in [0, 0.05) is 12.1 Å². The zero-order chi connectivity index (χ0) is 23.4. The fraction of sp³-hybridized carbons (Fsp3) is 0.346. The minimum atomic E-state index is -0.253. The van der Waals surface area contributed by atoms with Gasteiger partial charge in [-0.1, -0.05) is 74.8 Å².